The Kier molecular flexibility index (Phi) is 3.50. The van der Waals surface area contributed by atoms with Crippen LogP contribution < -0.4 is 0 Å². The van der Waals surface area contributed by atoms with Gasteiger partial charge in [0.1, 0.15) is 0 Å². The first-order valence-electron chi connectivity index (χ1n) is 6.91. The lowest BCUT2D eigenvalue weighted by atomic mass is 9.83. The topological polar surface area (TPSA) is 3.24 Å². The first-order valence-corrected chi connectivity index (χ1v) is 6.91. The van der Waals surface area contributed by atoms with Crippen molar-refractivity contribution < 1.29 is 8.78 Å². The van der Waals surface area contributed by atoms with E-state index in [1.54, 1.807) is 0 Å². The minimum absolute atomic E-state index is 0.0379. The Hall–Kier alpha value is -0.180. The second-order valence-electron chi connectivity index (χ2n) is 6.62. The first kappa shape index (κ1) is 13.3. The molecule has 1 saturated carbocycles. The molecule has 100 valence electrons. The maximum absolute atomic E-state index is 12.8. The van der Waals surface area contributed by atoms with E-state index in [2.05, 4.69) is 32.6 Å². The molecule has 2 rings (SSSR count). The van der Waals surface area contributed by atoms with Gasteiger partial charge in [-0.1, -0.05) is 13.8 Å². The van der Waals surface area contributed by atoms with Gasteiger partial charge in [-0.15, -0.1) is 0 Å². The molecule has 1 aliphatic carbocycles. The summed E-state index contributed by atoms with van der Waals surface area (Å²) in [6.45, 7) is 9.76. The van der Waals surface area contributed by atoms with Crippen molar-refractivity contribution in [3.8, 4) is 0 Å². The molecular formula is C14H25F2N. The van der Waals surface area contributed by atoms with Crippen molar-refractivity contribution in [2.45, 2.75) is 65.5 Å². The number of rotatable bonds is 3. The van der Waals surface area contributed by atoms with E-state index >= 15 is 0 Å². The molecule has 1 heterocycles. The molecule has 1 aliphatic heterocycles. The minimum Gasteiger partial charge on any atom is -0.297 e. The zero-order chi connectivity index (χ0) is 12.8. The highest BCUT2D eigenvalue weighted by Crippen LogP contribution is 2.61. The largest absolute Gasteiger partial charge is 0.297 e. The van der Waals surface area contributed by atoms with Gasteiger partial charge in [0.15, 0.2) is 0 Å². The third-order valence-corrected chi connectivity index (χ3v) is 4.85. The van der Waals surface area contributed by atoms with Gasteiger partial charge in [0.05, 0.1) is 0 Å². The summed E-state index contributed by atoms with van der Waals surface area (Å²) in [4.78, 5) is 2.47. The molecule has 0 bridgehead atoms. The average Bonchev–Trinajstić information content (AvgIpc) is 2.92. The summed E-state index contributed by atoms with van der Waals surface area (Å²) in [6, 6.07) is 1.05. The van der Waals surface area contributed by atoms with Crippen LogP contribution >= 0.6 is 0 Å². The molecule has 0 aromatic rings. The molecule has 0 aromatic carbocycles. The normalized spacial score (nSPS) is 38.6. The summed E-state index contributed by atoms with van der Waals surface area (Å²) in [7, 11) is 0. The highest BCUT2D eigenvalue weighted by atomic mass is 19.3. The number of halogens is 2. The molecule has 3 atom stereocenters. The summed E-state index contributed by atoms with van der Waals surface area (Å²) in [5, 5.41) is 0. The fourth-order valence-corrected chi connectivity index (χ4v) is 3.65. The van der Waals surface area contributed by atoms with E-state index in [1.807, 2.05) is 0 Å². The van der Waals surface area contributed by atoms with Crippen LogP contribution in [0.25, 0.3) is 0 Å². The Balaban J connectivity index is 2.06. The predicted octanol–water partition coefficient (Wildman–Crippen LogP) is 3.79. The molecule has 3 heteroatoms. The fraction of sp³-hybridized carbons (Fsp3) is 1.00. The average molecular weight is 245 g/mol. The van der Waals surface area contributed by atoms with Gasteiger partial charge in [-0.05, 0) is 44.4 Å². The van der Waals surface area contributed by atoms with Crippen LogP contribution in [0.3, 0.4) is 0 Å². The van der Waals surface area contributed by atoms with Crippen LogP contribution in [-0.2, 0) is 0 Å². The van der Waals surface area contributed by atoms with Gasteiger partial charge in [0.2, 0.25) is 6.43 Å². The van der Waals surface area contributed by atoms with Crippen LogP contribution in [-0.4, -0.2) is 30.0 Å². The molecule has 2 aliphatic rings. The smallest absolute Gasteiger partial charge is 0.242 e. The van der Waals surface area contributed by atoms with E-state index in [9.17, 15) is 8.78 Å². The molecule has 17 heavy (non-hydrogen) atoms. The standard InChI is InChI=1S/C14H25F2N/c1-9(2)12-5-6-14(7-11(14)13(15)16)8-17(12)10(3)4/h9-13H,5-8H2,1-4H3. The van der Waals surface area contributed by atoms with E-state index < -0.39 is 6.43 Å². The Bertz CT molecular complexity index is 277. The van der Waals surface area contributed by atoms with Crippen LogP contribution in [0.15, 0.2) is 0 Å². The molecule has 0 N–H and O–H groups in total. The van der Waals surface area contributed by atoms with Gasteiger partial charge in [-0.3, -0.25) is 4.90 Å². The third-order valence-electron chi connectivity index (χ3n) is 4.85. The van der Waals surface area contributed by atoms with Crippen molar-refractivity contribution in [2.75, 3.05) is 6.54 Å². The number of nitrogens with zero attached hydrogens (tertiary/aromatic N) is 1. The lowest BCUT2D eigenvalue weighted by molar-refractivity contribution is 0.0170. The fourth-order valence-electron chi connectivity index (χ4n) is 3.65. The molecular weight excluding hydrogens is 220 g/mol. The van der Waals surface area contributed by atoms with Gasteiger partial charge in [0.25, 0.3) is 0 Å². The summed E-state index contributed by atoms with van der Waals surface area (Å²) in [6.07, 6.45) is 0.742. The lowest BCUT2D eigenvalue weighted by Gasteiger charge is -2.45. The first-order chi connectivity index (χ1) is 7.87. The van der Waals surface area contributed by atoms with Gasteiger partial charge >= 0.3 is 0 Å². The van der Waals surface area contributed by atoms with Crippen LogP contribution in [0.5, 0.6) is 0 Å². The van der Waals surface area contributed by atoms with E-state index in [-0.39, 0.29) is 11.3 Å². The van der Waals surface area contributed by atoms with Crippen LogP contribution in [0.2, 0.25) is 0 Å². The lowest BCUT2D eigenvalue weighted by Crippen LogP contribution is -2.50. The molecule has 0 amide bonds. The zero-order valence-corrected chi connectivity index (χ0v) is 11.4. The number of hydrogen-bond donors (Lipinski definition) is 0. The Morgan fingerprint density at radius 2 is 1.82 bits per heavy atom. The maximum atomic E-state index is 12.8. The summed E-state index contributed by atoms with van der Waals surface area (Å²) >= 11 is 0. The Morgan fingerprint density at radius 3 is 2.24 bits per heavy atom. The van der Waals surface area contributed by atoms with Crippen LogP contribution in [0.4, 0.5) is 8.78 Å². The second-order valence-corrected chi connectivity index (χ2v) is 6.62. The monoisotopic (exact) mass is 245 g/mol. The van der Waals surface area contributed by atoms with Gasteiger partial charge in [-0.25, -0.2) is 8.78 Å². The van der Waals surface area contributed by atoms with Crippen molar-refractivity contribution in [2.24, 2.45) is 17.3 Å². The number of piperidine rings is 1. The van der Waals surface area contributed by atoms with Crippen molar-refractivity contribution in [3.05, 3.63) is 0 Å². The molecule has 0 radical (unpaired) electrons. The highest BCUT2D eigenvalue weighted by molar-refractivity contribution is 5.09. The summed E-state index contributed by atoms with van der Waals surface area (Å²) in [5.74, 6) is 0.301. The Morgan fingerprint density at radius 1 is 1.18 bits per heavy atom. The zero-order valence-electron chi connectivity index (χ0n) is 11.4. The third kappa shape index (κ3) is 2.35. The number of hydrogen-bond acceptors (Lipinski definition) is 1. The molecule has 3 unspecified atom stereocenters. The summed E-state index contributed by atoms with van der Waals surface area (Å²) < 4.78 is 25.6. The van der Waals surface area contributed by atoms with E-state index in [0.29, 0.717) is 18.0 Å². The van der Waals surface area contributed by atoms with Crippen molar-refractivity contribution >= 4 is 0 Å². The van der Waals surface area contributed by atoms with Crippen LogP contribution in [0, 0.1) is 17.3 Å². The van der Waals surface area contributed by atoms with Gasteiger partial charge in [-0.2, -0.15) is 0 Å². The number of alkyl halides is 2. The van der Waals surface area contributed by atoms with Crippen molar-refractivity contribution in [1.82, 2.24) is 4.90 Å². The van der Waals surface area contributed by atoms with Gasteiger partial charge < -0.3 is 0 Å². The SMILES string of the molecule is CC(C)C1CCC2(CC2C(F)F)CN1C(C)C. The van der Waals surface area contributed by atoms with E-state index in [0.717, 1.165) is 25.8 Å². The number of likely N-dealkylation sites (tertiary alicyclic amines) is 1. The minimum atomic E-state index is -2.11. The van der Waals surface area contributed by atoms with Crippen LogP contribution in [0.1, 0.15) is 47.0 Å². The highest BCUT2D eigenvalue weighted by Gasteiger charge is 2.60. The quantitative estimate of drug-likeness (QED) is 0.731. The van der Waals surface area contributed by atoms with E-state index in [1.165, 1.54) is 0 Å². The molecule has 1 nitrogen and oxygen atoms in total. The summed E-state index contributed by atoms with van der Waals surface area (Å²) in [5.41, 5.74) is -0.0379. The Labute approximate surface area is 104 Å². The maximum Gasteiger partial charge on any atom is 0.242 e. The predicted molar refractivity (Wildman–Crippen MR) is 66.2 cm³/mol. The molecule has 1 spiro atoms. The van der Waals surface area contributed by atoms with Crippen molar-refractivity contribution in [3.63, 3.8) is 0 Å². The van der Waals surface area contributed by atoms with E-state index in [4.69, 9.17) is 0 Å². The molecule has 1 saturated heterocycles. The molecule has 2 fully saturated rings. The molecule has 0 aromatic heterocycles. The second kappa shape index (κ2) is 4.49. The van der Waals surface area contributed by atoms with Crippen molar-refractivity contribution in [1.29, 1.82) is 0 Å². The van der Waals surface area contributed by atoms with Gasteiger partial charge in [0, 0.05) is 24.5 Å².